The van der Waals surface area contributed by atoms with E-state index >= 15 is 0 Å². The summed E-state index contributed by atoms with van der Waals surface area (Å²) in [7, 11) is 1.83. The zero-order valence-corrected chi connectivity index (χ0v) is 13.2. The van der Waals surface area contributed by atoms with E-state index < -0.39 is 0 Å². The molecule has 0 spiro atoms. The average Bonchev–Trinajstić information content (AvgIpc) is 2.88. The third-order valence-electron chi connectivity index (χ3n) is 3.61. The van der Waals surface area contributed by atoms with Crippen LogP contribution in [0, 0.1) is 0 Å². The lowest BCUT2D eigenvalue weighted by Crippen LogP contribution is -2.13. The van der Waals surface area contributed by atoms with Gasteiger partial charge in [0, 0.05) is 12.1 Å². The van der Waals surface area contributed by atoms with Gasteiger partial charge in [-0.15, -0.1) is 0 Å². The second kappa shape index (κ2) is 5.81. The number of nitrogens with two attached hydrogens (primary N) is 1. The number of nitrogen functional groups attached to an aromatic ring is 1. The standard InChI is InChI=1S/C15H17ClN6/c1-3-12(9-4-6-10(16)7-5-9)19-15-20-13(17)11-8-18-22(2)14(11)21-15/h4-8,12H,3H2,1-2H3,(H3,17,19,20,21). The zero-order valence-electron chi connectivity index (χ0n) is 12.4. The fraction of sp³-hybridized carbons (Fsp3) is 0.267. The molecule has 1 aromatic carbocycles. The summed E-state index contributed by atoms with van der Waals surface area (Å²) >= 11 is 5.94. The predicted molar refractivity (Wildman–Crippen MR) is 88.8 cm³/mol. The van der Waals surface area contributed by atoms with E-state index in [1.165, 1.54) is 0 Å². The molecule has 0 aliphatic carbocycles. The van der Waals surface area contributed by atoms with Gasteiger partial charge >= 0.3 is 0 Å². The Labute approximate surface area is 133 Å². The fourth-order valence-corrected chi connectivity index (χ4v) is 2.51. The van der Waals surface area contributed by atoms with Gasteiger partial charge in [-0.2, -0.15) is 15.1 Å². The van der Waals surface area contributed by atoms with Crippen LogP contribution < -0.4 is 11.1 Å². The Kier molecular flexibility index (Phi) is 3.85. The van der Waals surface area contributed by atoms with Crippen LogP contribution in [-0.2, 0) is 7.05 Å². The zero-order chi connectivity index (χ0) is 15.7. The third kappa shape index (κ3) is 2.69. The van der Waals surface area contributed by atoms with Crippen molar-refractivity contribution in [1.82, 2.24) is 19.7 Å². The molecule has 0 saturated carbocycles. The van der Waals surface area contributed by atoms with Crippen molar-refractivity contribution >= 4 is 34.4 Å². The molecule has 1 atom stereocenters. The molecule has 0 amide bonds. The Morgan fingerprint density at radius 2 is 2.00 bits per heavy atom. The topological polar surface area (TPSA) is 81.6 Å². The number of halogens is 1. The maximum atomic E-state index is 5.98. The van der Waals surface area contributed by atoms with Crippen molar-refractivity contribution in [2.75, 3.05) is 11.1 Å². The molecule has 1 unspecified atom stereocenters. The molecule has 0 bridgehead atoms. The summed E-state index contributed by atoms with van der Waals surface area (Å²) in [6.45, 7) is 2.10. The summed E-state index contributed by atoms with van der Waals surface area (Å²) in [6.07, 6.45) is 2.55. The minimum absolute atomic E-state index is 0.0855. The van der Waals surface area contributed by atoms with Crippen molar-refractivity contribution in [1.29, 1.82) is 0 Å². The van der Waals surface area contributed by atoms with Crippen LogP contribution in [0.3, 0.4) is 0 Å². The van der Waals surface area contributed by atoms with Crippen LogP contribution in [0.1, 0.15) is 24.9 Å². The Bertz CT molecular complexity index is 796. The molecular weight excluding hydrogens is 300 g/mol. The van der Waals surface area contributed by atoms with Crippen LogP contribution in [0.4, 0.5) is 11.8 Å². The summed E-state index contributed by atoms with van der Waals surface area (Å²) in [5.74, 6) is 0.918. The van der Waals surface area contributed by atoms with Gasteiger partial charge in [0.2, 0.25) is 5.95 Å². The van der Waals surface area contributed by atoms with Gasteiger partial charge in [-0.3, -0.25) is 4.68 Å². The summed E-state index contributed by atoms with van der Waals surface area (Å²) < 4.78 is 1.68. The maximum Gasteiger partial charge on any atom is 0.227 e. The molecule has 0 saturated heterocycles. The van der Waals surface area contributed by atoms with E-state index in [2.05, 4.69) is 27.3 Å². The Morgan fingerprint density at radius 1 is 1.27 bits per heavy atom. The number of hydrogen-bond acceptors (Lipinski definition) is 5. The van der Waals surface area contributed by atoms with Gasteiger partial charge in [0.1, 0.15) is 5.82 Å². The van der Waals surface area contributed by atoms with Crippen molar-refractivity contribution in [3.05, 3.63) is 41.0 Å². The second-order valence-electron chi connectivity index (χ2n) is 5.09. The smallest absolute Gasteiger partial charge is 0.227 e. The molecule has 6 nitrogen and oxygen atoms in total. The number of nitrogens with one attached hydrogen (secondary N) is 1. The maximum absolute atomic E-state index is 5.98. The Hall–Kier alpha value is -2.34. The van der Waals surface area contributed by atoms with Crippen molar-refractivity contribution < 1.29 is 0 Å². The molecule has 3 rings (SSSR count). The van der Waals surface area contributed by atoms with Crippen LogP contribution in [0.15, 0.2) is 30.5 Å². The lowest BCUT2D eigenvalue weighted by Gasteiger charge is -2.17. The SMILES string of the molecule is CCC(Nc1nc(N)c2cnn(C)c2n1)c1ccc(Cl)cc1. The summed E-state index contributed by atoms with van der Waals surface area (Å²) in [6, 6.07) is 7.83. The second-order valence-corrected chi connectivity index (χ2v) is 5.53. The summed E-state index contributed by atoms with van der Waals surface area (Å²) in [5, 5.41) is 8.96. The molecule has 0 aliphatic heterocycles. The first-order valence-corrected chi connectivity index (χ1v) is 7.43. The molecule has 7 heteroatoms. The number of nitrogens with zero attached hydrogens (tertiary/aromatic N) is 4. The predicted octanol–water partition coefficient (Wildman–Crippen LogP) is 3.16. The minimum Gasteiger partial charge on any atom is -0.383 e. The van der Waals surface area contributed by atoms with Crippen LogP contribution in [0.5, 0.6) is 0 Å². The highest BCUT2D eigenvalue weighted by Crippen LogP contribution is 2.24. The van der Waals surface area contributed by atoms with Crippen molar-refractivity contribution in [3.63, 3.8) is 0 Å². The van der Waals surface area contributed by atoms with Crippen molar-refractivity contribution in [2.24, 2.45) is 7.05 Å². The van der Waals surface area contributed by atoms with Crippen LogP contribution >= 0.6 is 11.6 Å². The molecule has 3 N–H and O–H groups in total. The number of anilines is 2. The first-order valence-electron chi connectivity index (χ1n) is 7.05. The summed E-state index contributed by atoms with van der Waals surface area (Å²) in [5.41, 5.74) is 7.82. The Morgan fingerprint density at radius 3 is 2.68 bits per heavy atom. The van der Waals surface area contributed by atoms with Crippen molar-refractivity contribution in [3.8, 4) is 0 Å². The van der Waals surface area contributed by atoms with E-state index in [1.54, 1.807) is 10.9 Å². The van der Waals surface area contributed by atoms with E-state index in [4.69, 9.17) is 17.3 Å². The van der Waals surface area contributed by atoms with Gasteiger partial charge < -0.3 is 11.1 Å². The highest BCUT2D eigenvalue weighted by Gasteiger charge is 2.14. The normalized spacial score (nSPS) is 12.5. The molecule has 0 fully saturated rings. The van der Waals surface area contributed by atoms with E-state index in [1.807, 2.05) is 31.3 Å². The first-order chi connectivity index (χ1) is 10.6. The van der Waals surface area contributed by atoms with Crippen LogP contribution in [-0.4, -0.2) is 19.7 Å². The molecule has 114 valence electrons. The number of aromatic nitrogens is 4. The number of rotatable bonds is 4. The lowest BCUT2D eigenvalue weighted by molar-refractivity contribution is 0.736. The third-order valence-corrected chi connectivity index (χ3v) is 3.86. The molecule has 22 heavy (non-hydrogen) atoms. The monoisotopic (exact) mass is 316 g/mol. The van der Waals surface area contributed by atoms with Crippen LogP contribution in [0.25, 0.3) is 11.0 Å². The van der Waals surface area contributed by atoms with E-state index in [0.29, 0.717) is 17.4 Å². The lowest BCUT2D eigenvalue weighted by atomic mass is 10.1. The van der Waals surface area contributed by atoms with E-state index in [-0.39, 0.29) is 6.04 Å². The molecule has 2 aromatic heterocycles. The molecule has 2 heterocycles. The minimum atomic E-state index is 0.0855. The van der Waals surface area contributed by atoms with Crippen molar-refractivity contribution in [2.45, 2.75) is 19.4 Å². The van der Waals surface area contributed by atoms with E-state index in [0.717, 1.165) is 22.4 Å². The van der Waals surface area contributed by atoms with Crippen LogP contribution in [0.2, 0.25) is 5.02 Å². The molecule has 0 aliphatic rings. The Balaban J connectivity index is 1.93. The average molecular weight is 317 g/mol. The number of aryl methyl sites for hydroxylation is 1. The van der Waals surface area contributed by atoms with Gasteiger partial charge in [-0.25, -0.2) is 0 Å². The van der Waals surface area contributed by atoms with Gasteiger partial charge in [-0.1, -0.05) is 30.7 Å². The van der Waals surface area contributed by atoms with Gasteiger partial charge in [0.25, 0.3) is 0 Å². The van der Waals surface area contributed by atoms with E-state index in [9.17, 15) is 0 Å². The number of fused-ring (bicyclic) bond motifs is 1. The van der Waals surface area contributed by atoms with Gasteiger partial charge in [-0.05, 0) is 24.1 Å². The molecular formula is C15H17ClN6. The number of hydrogen-bond donors (Lipinski definition) is 2. The fourth-order valence-electron chi connectivity index (χ4n) is 2.38. The molecule has 0 radical (unpaired) electrons. The number of benzene rings is 1. The van der Waals surface area contributed by atoms with Gasteiger partial charge in [0.05, 0.1) is 17.6 Å². The highest BCUT2D eigenvalue weighted by molar-refractivity contribution is 6.30. The summed E-state index contributed by atoms with van der Waals surface area (Å²) in [4.78, 5) is 8.82. The quantitative estimate of drug-likeness (QED) is 0.772. The highest BCUT2D eigenvalue weighted by atomic mass is 35.5. The largest absolute Gasteiger partial charge is 0.383 e. The molecule has 3 aromatic rings. The first kappa shape index (κ1) is 14.6. The van der Waals surface area contributed by atoms with Gasteiger partial charge in [0.15, 0.2) is 5.65 Å².